The zero-order chi connectivity index (χ0) is 7.65. The fraction of sp³-hybridized carbons (Fsp3) is 1.00. The first kappa shape index (κ1) is 9.58. The summed E-state index contributed by atoms with van der Waals surface area (Å²) >= 11 is 11.4. The van der Waals surface area contributed by atoms with Crippen LogP contribution in [0.2, 0.25) is 0 Å². The van der Waals surface area contributed by atoms with Crippen LogP contribution in [0.25, 0.3) is 0 Å². The standard InChI is InChI=1S/C7H14Cl2/c1-5(6(8)9)7(2,3)4/h5-6H,1-4H3. The van der Waals surface area contributed by atoms with Gasteiger partial charge >= 0.3 is 0 Å². The molecule has 0 spiro atoms. The zero-order valence-electron chi connectivity index (χ0n) is 6.41. The number of hydrogen-bond donors (Lipinski definition) is 0. The van der Waals surface area contributed by atoms with Crippen molar-refractivity contribution in [3.05, 3.63) is 0 Å². The maximum absolute atomic E-state index is 5.68. The van der Waals surface area contributed by atoms with E-state index in [0.717, 1.165) is 0 Å². The van der Waals surface area contributed by atoms with Gasteiger partial charge in [-0.2, -0.15) is 0 Å². The van der Waals surface area contributed by atoms with Crippen molar-refractivity contribution in [3.8, 4) is 0 Å². The molecule has 0 bridgehead atoms. The van der Waals surface area contributed by atoms with Gasteiger partial charge in [-0.15, -0.1) is 23.2 Å². The van der Waals surface area contributed by atoms with E-state index in [2.05, 4.69) is 27.7 Å². The summed E-state index contributed by atoms with van der Waals surface area (Å²) in [6.45, 7) is 8.46. The van der Waals surface area contributed by atoms with E-state index in [9.17, 15) is 0 Å². The predicted molar refractivity (Wildman–Crippen MR) is 44.1 cm³/mol. The monoisotopic (exact) mass is 168 g/mol. The Morgan fingerprint density at radius 1 is 1.11 bits per heavy atom. The molecule has 2 heteroatoms. The minimum absolute atomic E-state index is 0.216. The summed E-state index contributed by atoms with van der Waals surface area (Å²) in [6, 6.07) is 0. The van der Waals surface area contributed by atoms with Crippen LogP contribution in [0.3, 0.4) is 0 Å². The molecule has 0 aromatic rings. The van der Waals surface area contributed by atoms with Gasteiger partial charge in [-0.3, -0.25) is 0 Å². The molecule has 0 saturated carbocycles. The molecule has 0 nitrogen and oxygen atoms in total. The number of rotatable bonds is 1. The zero-order valence-corrected chi connectivity index (χ0v) is 7.92. The lowest BCUT2D eigenvalue weighted by Crippen LogP contribution is -2.22. The average Bonchev–Trinajstić information content (AvgIpc) is 1.62. The van der Waals surface area contributed by atoms with Gasteiger partial charge in [0.1, 0.15) is 4.84 Å². The van der Waals surface area contributed by atoms with Gasteiger partial charge in [-0.25, -0.2) is 0 Å². The van der Waals surface area contributed by atoms with Gasteiger partial charge in [0.25, 0.3) is 0 Å². The van der Waals surface area contributed by atoms with E-state index >= 15 is 0 Å². The normalized spacial score (nSPS) is 16.3. The van der Waals surface area contributed by atoms with Gasteiger partial charge in [0.15, 0.2) is 0 Å². The highest BCUT2D eigenvalue weighted by atomic mass is 35.5. The highest BCUT2D eigenvalue weighted by Crippen LogP contribution is 2.32. The Morgan fingerprint density at radius 2 is 1.44 bits per heavy atom. The van der Waals surface area contributed by atoms with Crippen molar-refractivity contribution >= 4 is 23.2 Å². The third-order valence-electron chi connectivity index (χ3n) is 1.74. The molecule has 1 atom stereocenters. The third kappa shape index (κ3) is 3.32. The summed E-state index contributed by atoms with van der Waals surface area (Å²) in [7, 11) is 0. The molecule has 0 aliphatic carbocycles. The van der Waals surface area contributed by atoms with Crippen molar-refractivity contribution in [1.29, 1.82) is 0 Å². The van der Waals surface area contributed by atoms with Gasteiger partial charge < -0.3 is 0 Å². The van der Waals surface area contributed by atoms with Crippen LogP contribution in [0.4, 0.5) is 0 Å². The molecule has 0 aliphatic rings. The van der Waals surface area contributed by atoms with E-state index in [1.807, 2.05) is 0 Å². The molecule has 0 fully saturated rings. The van der Waals surface area contributed by atoms with Crippen LogP contribution < -0.4 is 0 Å². The molecule has 0 rings (SSSR count). The summed E-state index contributed by atoms with van der Waals surface area (Å²) in [4.78, 5) is -0.245. The van der Waals surface area contributed by atoms with Gasteiger partial charge in [-0.1, -0.05) is 27.7 Å². The lowest BCUT2D eigenvalue weighted by molar-refractivity contribution is 0.276. The van der Waals surface area contributed by atoms with Crippen molar-refractivity contribution < 1.29 is 0 Å². The largest absolute Gasteiger partial charge is 0.110 e. The summed E-state index contributed by atoms with van der Waals surface area (Å²) in [6.07, 6.45) is 0. The van der Waals surface area contributed by atoms with Gasteiger partial charge in [0, 0.05) is 0 Å². The van der Waals surface area contributed by atoms with Crippen LogP contribution in [0.1, 0.15) is 27.7 Å². The maximum atomic E-state index is 5.68. The Morgan fingerprint density at radius 3 is 1.44 bits per heavy atom. The molecule has 0 aromatic heterocycles. The number of hydrogen-bond acceptors (Lipinski definition) is 0. The molecule has 0 heterocycles. The van der Waals surface area contributed by atoms with Crippen molar-refractivity contribution in [2.45, 2.75) is 32.5 Å². The average molecular weight is 169 g/mol. The molecule has 0 N–H and O–H groups in total. The maximum Gasteiger partial charge on any atom is 0.110 e. The quantitative estimate of drug-likeness (QED) is 0.527. The SMILES string of the molecule is CC(C(Cl)Cl)C(C)(C)C. The van der Waals surface area contributed by atoms with Crippen molar-refractivity contribution in [3.63, 3.8) is 0 Å². The molecule has 56 valence electrons. The van der Waals surface area contributed by atoms with Crippen molar-refractivity contribution in [2.24, 2.45) is 11.3 Å². The molecule has 1 unspecified atom stereocenters. The van der Waals surface area contributed by atoms with E-state index in [4.69, 9.17) is 23.2 Å². The Labute approximate surface area is 67.5 Å². The number of alkyl halides is 2. The van der Waals surface area contributed by atoms with Crippen LogP contribution in [0.5, 0.6) is 0 Å². The minimum atomic E-state index is -0.245. The molecule has 0 aliphatic heterocycles. The van der Waals surface area contributed by atoms with Crippen LogP contribution in [-0.2, 0) is 0 Å². The topological polar surface area (TPSA) is 0 Å². The molecular weight excluding hydrogens is 155 g/mol. The summed E-state index contributed by atoms with van der Waals surface area (Å²) in [5.74, 6) is 0.348. The van der Waals surface area contributed by atoms with E-state index < -0.39 is 0 Å². The first-order valence-electron chi connectivity index (χ1n) is 3.14. The Bertz CT molecular complexity index is 81.4. The Hall–Kier alpha value is 0.580. The van der Waals surface area contributed by atoms with E-state index in [1.165, 1.54) is 0 Å². The first-order valence-corrected chi connectivity index (χ1v) is 4.01. The van der Waals surface area contributed by atoms with Crippen molar-refractivity contribution in [2.75, 3.05) is 0 Å². The summed E-state index contributed by atoms with van der Waals surface area (Å²) in [5, 5.41) is 0. The van der Waals surface area contributed by atoms with E-state index in [0.29, 0.717) is 5.92 Å². The lowest BCUT2D eigenvalue weighted by atomic mass is 9.83. The molecule has 0 radical (unpaired) electrons. The van der Waals surface area contributed by atoms with Gasteiger partial charge in [-0.05, 0) is 11.3 Å². The van der Waals surface area contributed by atoms with Gasteiger partial charge in [0.05, 0.1) is 0 Å². The lowest BCUT2D eigenvalue weighted by Gasteiger charge is -2.27. The van der Waals surface area contributed by atoms with Gasteiger partial charge in [0.2, 0.25) is 0 Å². The first-order chi connectivity index (χ1) is 3.85. The fourth-order valence-corrected chi connectivity index (χ4v) is 1.13. The third-order valence-corrected chi connectivity index (χ3v) is 2.50. The second-order valence-electron chi connectivity index (χ2n) is 3.49. The Kier molecular flexibility index (Phi) is 3.32. The molecule has 9 heavy (non-hydrogen) atoms. The summed E-state index contributed by atoms with van der Waals surface area (Å²) < 4.78 is 0. The second kappa shape index (κ2) is 3.12. The molecule has 0 amide bonds. The van der Waals surface area contributed by atoms with Crippen LogP contribution in [0, 0.1) is 11.3 Å². The highest BCUT2D eigenvalue weighted by molar-refractivity contribution is 6.44. The highest BCUT2D eigenvalue weighted by Gasteiger charge is 2.24. The smallest absolute Gasteiger partial charge is 0.105 e. The van der Waals surface area contributed by atoms with E-state index in [-0.39, 0.29) is 10.3 Å². The molecular formula is C7H14Cl2. The van der Waals surface area contributed by atoms with Crippen molar-refractivity contribution in [1.82, 2.24) is 0 Å². The van der Waals surface area contributed by atoms with Crippen LogP contribution in [-0.4, -0.2) is 4.84 Å². The molecule has 0 saturated heterocycles. The van der Waals surface area contributed by atoms with E-state index in [1.54, 1.807) is 0 Å². The van der Waals surface area contributed by atoms with Crippen LogP contribution in [0.15, 0.2) is 0 Å². The fourth-order valence-electron chi connectivity index (χ4n) is 0.378. The molecule has 0 aromatic carbocycles. The minimum Gasteiger partial charge on any atom is -0.105 e. The predicted octanol–water partition coefficient (Wildman–Crippen LogP) is 3.47. The summed E-state index contributed by atoms with van der Waals surface area (Å²) in [5.41, 5.74) is 0.216. The Balaban J connectivity index is 3.88. The van der Waals surface area contributed by atoms with Crippen LogP contribution >= 0.6 is 23.2 Å². The second-order valence-corrected chi connectivity index (χ2v) is 4.65. The number of halogens is 2.